The number of thiocarbonyl (C=S) groups is 1. The highest BCUT2D eigenvalue weighted by molar-refractivity contribution is 8.00. The molecule has 1 aliphatic rings. The van der Waals surface area contributed by atoms with E-state index < -0.39 is 0 Å². The molecular weight excluding hydrogens is 291 g/mol. The van der Waals surface area contributed by atoms with Gasteiger partial charge in [-0.05, 0) is 37.3 Å². The molecule has 1 aromatic rings. The molecule has 0 aromatic heterocycles. The molecule has 0 atom stereocenters. The number of anilines is 1. The third-order valence-corrected chi connectivity index (χ3v) is 5.71. The van der Waals surface area contributed by atoms with Gasteiger partial charge in [0.15, 0.2) is 0 Å². The summed E-state index contributed by atoms with van der Waals surface area (Å²) in [6, 6.07) is 4.89. The Labute approximate surface area is 129 Å². The van der Waals surface area contributed by atoms with Gasteiger partial charge in [-0.3, -0.25) is 0 Å². The lowest BCUT2D eigenvalue weighted by molar-refractivity contribution is 0.411. The van der Waals surface area contributed by atoms with E-state index in [1.165, 1.54) is 38.2 Å². The maximum absolute atomic E-state index is 14.0. The number of nitrogens with one attached hydrogen (secondary N) is 1. The van der Waals surface area contributed by atoms with Crippen molar-refractivity contribution in [1.82, 2.24) is 0 Å². The van der Waals surface area contributed by atoms with E-state index in [4.69, 9.17) is 18.0 Å². The van der Waals surface area contributed by atoms with Crippen LogP contribution >= 0.6 is 24.0 Å². The highest BCUT2D eigenvalue weighted by Crippen LogP contribution is 2.38. The normalized spacial score (nSPS) is 17.7. The van der Waals surface area contributed by atoms with Crippen LogP contribution in [0.5, 0.6) is 0 Å². The Morgan fingerprint density at radius 3 is 2.65 bits per heavy atom. The zero-order valence-corrected chi connectivity index (χ0v) is 13.4. The lowest BCUT2D eigenvalue weighted by atomic mass is 9.88. The van der Waals surface area contributed by atoms with Gasteiger partial charge in [-0.25, -0.2) is 4.39 Å². The summed E-state index contributed by atoms with van der Waals surface area (Å²) >= 11 is 6.76. The van der Waals surface area contributed by atoms with E-state index in [-0.39, 0.29) is 15.6 Å². The lowest BCUT2D eigenvalue weighted by Gasteiger charge is -2.36. The van der Waals surface area contributed by atoms with E-state index in [0.29, 0.717) is 11.3 Å². The second kappa shape index (κ2) is 6.76. The minimum Gasteiger partial charge on any atom is -0.389 e. The Hall–Kier alpha value is -0.810. The van der Waals surface area contributed by atoms with Crippen LogP contribution < -0.4 is 11.1 Å². The molecule has 0 aliphatic heterocycles. The van der Waals surface area contributed by atoms with Gasteiger partial charge in [0.1, 0.15) is 10.8 Å². The smallest absolute Gasteiger partial charge is 0.146 e. The van der Waals surface area contributed by atoms with Crippen LogP contribution in [0.25, 0.3) is 0 Å². The van der Waals surface area contributed by atoms with Crippen molar-refractivity contribution < 1.29 is 4.39 Å². The number of hydrogen-bond acceptors (Lipinski definition) is 3. The van der Waals surface area contributed by atoms with Gasteiger partial charge in [-0.1, -0.05) is 31.5 Å². The number of hydrogen-bond donors (Lipinski definition) is 2. The van der Waals surface area contributed by atoms with Crippen molar-refractivity contribution in [2.75, 3.05) is 18.1 Å². The number of rotatable bonds is 5. The van der Waals surface area contributed by atoms with Gasteiger partial charge in [0, 0.05) is 16.9 Å². The molecule has 0 bridgehead atoms. The monoisotopic (exact) mass is 312 g/mol. The fourth-order valence-electron chi connectivity index (χ4n) is 2.72. The van der Waals surface area contributed by atoms with Crippen LogP contribution in [-0.4, -0.2) is 22.5 Å². The van der Waals surface area contributed by atoms with Gasteiger partial charge in [0.25, 0.3) is 0 Å². The summed E-state index contributed by atoms with van der Waals surface area (Å²) in [4.78, 5) is 0.225. The molecule has 0 saturated heterocycles. The van der Waals surface area contributed by atoms with Crippen LogP contribution in [0, 0.1) is 5.82 Å². The Morgan fingerprint density at radius 1 is 1.40 bits per heavy atom. The minimum absolute atomic E-state index is 0.225. The quantitative estimate of drug-likeness (QED) is 0.808. The Bertz CT molecular complexity index is 485. The highest BCUT2D eigenvalue weighted by Gasteiger charge is 2.31. The summed E-state index contributed by atoms with van der Waals surface area (Å²) < 4.78 is 14.3. The van der Waals surface area contributed by atoms with E-state index in [9.17, 15) is 4.39 Å². The molecule has 110 valence electrons. The molecule has 20 heavy (non-hydrogen) atoms. The standard InChI is InChI=1S/C15H21FN2S2/c1-20-15(7-3-2-4-8-15)10-18-13-6-5-11(14(17)19)9-12(13)16/h5-6,9,18H,2-4,7-8,10H2,1H3,(H2,17,19). The molecule has 5 heteroatoms. The molecule has 0 heterocycles. The van der Waals surface area contributed by atoms with Crippen LogP contribution in [-0.2, 0) is 0 Å². The van der Waals surface area contributed by atoms with Crippen molar-refractivity contribution in [3.05, 3.63) is 29.6 Å². The predicted octanol–water partition coefficient (Wildman–Crippen LogP) is 3.94. The lowest BCUT2D eigenvalue weighted by Crippen LogP contribution is -2.35. The first kappa shape index (κ1) is 15.6. The van der Waals surface area contributed by atoms with Gasteiger partial charge < -0.3 is 11.1 Å². The molecule has 1 aromatic carbocycles. The third-order valence-electron chi connectivity index (χ3n) is 4.05. The zero-order chi connectivity index (χ0) is 14.6. The van der Waals surface area contributed by atoms with Gasteiger partial charge in [-0.15, -0.1) is 0 Å². The number of nitrogens with two attached hydrogens (primary N) is 1. The van der Waals surface area contributed by atoms with Gasteiger partial charge in [-0.2, -0.15) is 11.8 Å². The molecule has 0 unspecified atom stereocenters. The van der Waals surface area contributed by atoms with Crippen LogP contribution in [0.3, 0.4) is 0 Å². The van der Waals surface area contributed by atoms with Crippen LogP contribution in [0.4, 0.5) is 10.1 Å². The summed E-state index contributed by atoms with van der Waals surface area (Å²) in [5.41, 5.74) is 6.61. The number of benzene rings is 1. The molecule has 2 rings (SSSR count). The van der Waals surface area contributed by atoms with Crippen molar-refractivity contribution in [1.29, 1.82) is 0 Å². The molecule has 1 saturated carbocycles. The fraction of sp³-hybridized carbons (Fsp3) is 0.533. The van der Waals surface area contributed by atoms with E-state index in [1.807, 2.05) is 11.8 Å². The summed E-state index contributed by atoms with van der Waals surface area (Å²) in [6.07, 6.45) is 8.41. The molecular formula is C15H21FN2S2. The second-order valence-electron chi connectivity index (χ2n) is 5.36. The van der Waals surface area contributed by atoms with Crippen molar-refractivity contribution in [2.24, 2.45) is 5.73 Å². The van der Waals surface area contributed by atoms with E-state index in [2.05, 4.69) is 11.6 Å². The Morgan fingerprint density at radius 2 is 2.10 bits per heavy atom. The minimum atomic E-state index is -0.289. The summed E-state index contributed by atoms with van der Waals surface area (Å²) in [6.45, 7) is 0.803. The third kappa shape index (κ3) is 3.64. The van der Waals surface area contributed by atoms with Crippen molar-refractivity contribution >= 4 is 34.7 Å². The maximum atomic E-state index is 14.0. The topological polar surface area (TPSA) is 38.0 Å². The summed E-state index contributed by atoms with van der Waals surface area (Å²) in [7, 11) is 0. The number of thioether (sulfide) groups is 1. The summed E-state index contributed by atoms with van der Waals surface area (Å²) in [5, 5.41) is 3.26. The molecule has 0 spiro atoms. The van der Waals surface area contributed by atoms with Crippen LogP contribution in [0.15, 0.2) is 18.2 Å². The molecule has 3 N–H and O–H groups in total. The van der Waals surface area contributed by atoms with Crippen LogP contribution in [0.1, 0.15) is 37.7 Å². The van der Waals surface area contributed by atoms with E-state index >= 15 is 0 Å². The van der Waals surface area contributed by atoms with Gasteiger partial charge in [0.05, 0.1) is 5.69 Å². The highest BCUT2D eigenvalue weighted by atomic mass is 32.2. The summed E-state index contributed by atoms with van der Waals surface area (Å²) in [5.74, 6) is -0.289. The van der Waals surface area contributed by atoms with E-state index in [0.717, 1.165) is 6.54 Å². The Balaban J connectivity index is 2.04. The van der Waals surface area contributed by atoms with Crippen molar-refractivity contribution in [3.8, 4) is 0 Å². The predicted molar refractivity (Wildman–Crippen MR) is 90.1 cm³/mol. The first-order chi connectivity index (χ1) is 9.56. The van der Waals surface area contributed by atoms with Crippen LogP contribution in [0.2, 0.25) is 0 Å². The van der Waals surface area contributed by atoms with Crippen molar-refractivity contribution in [2.45, 2.75) is 36.9 Å². The molecule has 0 amide bonds. The van der Waals surface area contributed by atoms with Crippen molar-refractivity contribution in [3.63, 3.8) is 0 Å². The molecule has 1 aliphatic carbocycles. The zero-order valence-electron chi connectivity index (χ0n) is 11.7. The average molecular weight is 312 g/mol. The SMILES string of the molecule is CSC1(CNc2ccc(C(N)=S)cc2F)CCCCC1. The molecule has 0 radical (unpaired) electrons. The first-order valence-electron chi connectivity index (χ1n) is 6.95. The van der Waals surface area contributed by atoms with Gasteiger partial charge in [0.2, 0.25) is 0 Å². The first-order valence-corrected chi connectivity index (χ1v) is 8.58. The van der Waals surface area contributed by atoms with Gasteiger partial charge >= 0.3 is 0 Å². The van der Waals surface area contributed by atoms with E-state index in [1.54, 1.807) is 12.1 Å². The number of halogens is 1. The average Bonchev–Trinajstić information content (AvgIpc) is 2.47. The second-order valence-corrected chi connectivity index (χ2v) is 7.07. The molecule has 2 nitrogen and oxygen atoms in total. The largest absolute Gasteiger partial charge is 0.389 e. The molecule has 1 fully saturated rings. The Kier molecular flexibility index (Phi) is 5.27. The maximum Gasteiger partial charge on any atom is 0.146 e. The fourth-order valence-corrected chi connectivity index (χ4v) is 3.76.